The third-order valence-corrected chi connectivity index (χ3v) is 1.63. The highest BCUT2D eigenvalue weighted by Gasteiger charge is 2.11. The molecule has 0 aromatic carbocycles. The first kappa shape index (κ1) is 8.74. The lowest BCUT2D eigenvalue weighted by atomic mass is 10.1. The van der Waals surface area contributed by atoms with Gasteiger partial charge in [-0.15, -0.1) is 0 Å². The second-order valence-corrected chi connectivity index (χ2v) is 2.60. The predicted octanol–water partition coefficient (Wildman–Crippen LogP) is 3.39. The van der Waals surface area contributed by atoms with Gasteiger partial charge < -0.3 is 0 Å². The van der Waals surface area contributed by atoms with E-state index in [0.29, 0.717) is 0 Å². The fraction of sp³-hybridized carbons (Fsp3) is 0.778. The maximum Gasteiger partial charge on any atom is -0.0297 e. The molecule has 0 radical (unpaired) electrons. The van der Waals surface area contributed by atoms with Crippen LogP contribution < -0.4 is 0 Å². The molecule has 0 heterocycles. The lowest BCUT2D eigenvalue weighted by molar-refractivity contribution is 0.620. The van der Waals surface area contributed by atoms with E-state index in [0.717, 1.165) is 5.92 Å². The van der Waals surface area contributed by atoms with Crippen molar-refractivity contribution in [2.24, 2.45) is 5.92 Å². The molecule has 0 amide bonds. The second kappa shape index (κ2) is 4.60. The predicted molar refractivity (Wildman–Crippen MR) is 43.5 cm³/mol. The Bertz CT molecular complexity index is 82.0. The maximum atomic E-state index is 3.90. The fourth-order valence-corrected chi connectivity index (χ4v) is 1.15. The molecule has 1 unspecified atom stereocenters. The van der Waals surface area contributed by atoms with Crippen molar-refractivity contribution >= 4 is 0 Å². The van der Waals surface area contributed by atoms with Crippen LogP contribution in [-0.4, -0.2) is 0 Å². The van der Waals surface area contributed by atoms with Gasteiger partial charge in [0.1, 0.15) is 0 Å². The topological polar surface area (TPSA) is 0 Å². The zero-order chi connectivity index (χ0) is 7.28. The quantitative estimate of drug-likeness (QED) is 0.436. The van der Waals surface area contributed by atoms with E-state index in [2.05, 4.69) is 13.5 Å². The molecule has 1 fully saturated rings. The van der Waals surface area contributed by atoms with Crippen LogP contribution in [0.4, 0.5) is 0 Å². The average Bonchev–Trinajstić information content (AvgIpc) is 2.20. The molecule has 0 bridgehead atoms. The van der Waals surface area contributed by atoms with Crippen molar-refractivity contribution in [3.63, 3.8) is 0 Å². The van der Waals surface area contributed by atoms with Crippen LogP contribution in [0, 0.1) is 5.92 Å². The van der Waals surface area contributed by atoms with Gasteiger partial charge in [-0.1, -0.05) is 32.9 Å². The van der Waals surface area contributed by atoms with E-state index in [4.69, 9.17) is 0 Å². The largest absolute Gasteiger partial charge is 0.0999 e. The Morgan fingerprint density at radius 2 is 2.00 bits per heavy atom. The fourth-order valence-electron chi connectivity index (χ4n) is 1.15. The van der Waals surface area contributed by atoms with Crippen LogP contribution in [-0.2, 0) is 0 Å². The molecular weight excluding hydrogens is 108 g/mol. The van der Waals surface area contributed by atoms with E-state index in [9.17, 15) is 0 Å². The van der Waals surface area contributed by atoms with Gasteiger partial charge in [0.05, 0.1) is 0 Å². The Morgan fingerprint density at radius 3 is 2.11 bits per heavy atom. The van der Waals surface area contributed by atoms with Gasteiger partial charge in [-0.3, -0.25) is 0 Å². The van der Waals surface area contributed by atoms with Crippen molar-refractivity contribution in [3.8, 4) is 0 Å². The van der Waals surface area contributed by atoms with Crippen molar-refractivity contribution in [1.82, 2.24) is 0 Å². The molecular formula is C9H18. The zero-order valence-corrected chi connectivity index (χ0v) is 6.91. The molecule has 1 aliphatic carbocycles. The second-order valence-electron chi connectivity index (χ2n) is 2.60. The smallest absolute Gasteiger partial charge is 0.0297 e. The van der Waals surface area contributed by atoms with E-state index in [1.807, 2.05) is 13.8 Å². The molecule has 0 aromatic rings. The maximum absolute atomic E-state index is 3.90. The molecule has 1 saturated carbocycles. The normalized spacial score (nSPS) is 25.2. The Balaban J connectivity index is 0.000000291. The molecule has 54 valence electrons. The number of hydrogen-bond donors (Lipinski definition) is 0. The summed E-state index contributed by atoms with van der Waals surface area (Å²) in [6.45, 7) is 10.2. The Morgan fingerprint density at radius 1 is 1.44 bits per heavy atom. The summed E-state index contributed by atoms with van der Waals surface area (Å²) in [6, 6.07) is 0. The first-order chi connectivity index (χ1) is 4.29. The standard InChI is InChI=1S/C7H12.C2H6/c1-6-3-4-7(2)5-6;1-2/h7H,1,3-5H2,2H3;1-2H3. The highest BCUT2D eigenvalue weighted by molar-refractivity contribution is 5.00. The first-order valence-electron chi connectivity index (χ1n) is 3.95. The number of hydrogen-bond acceptors (Lipinski definition) is 0. The van der Waals surface area contributed by atoms with Gasteiger partial charge in [0, 0.05) is 0 Å². The summed E-state index contributed by atoms with van der Waals surface area (Å²) in [5, 5.41) is 0. The summed E-state index contributed by atoms with van der Waals surface area (Å²) >= 11 is 0. The first-order valence-corrected chi connectivity index (χ1v) is 3.95. The Labute approximate surface area is 59.0 Å². The number of rotatable bonds is 0. The summed E-state index contributed by atoms with van der Waals surface area (Å²) in [5.41, 5.74) is 1.45. The molecule has 0 spiro atoms. The van der Waals surface area contributed by atoms with Gasteiger partial charge in [-0.2, -0.15) is 0 Å². The monoisotopic (exact) mass is 126 g/mol. The van der Waals surface area contributed by atoms with Gasteiger partial charge in [0.2, 0.25) is 0 Å². The molecule has 9 heavy (non-hydrogen) atoms. The van der Waals surface area contributed by atoms with E-state index in [1.54, 1.807) is 0 Å². The van der Waals surface area contributed by atoms with Crippen LogP contribution in [0.25, 0.3) is 0 Å². The average molecular weight is 126 g/mol. The minimum atomic E-state index is 0.924. The lowest BCUT2D eigenvalue weighted by Gasteiger charge is -1.92. The van der Waals surface area contributed by atoms with E-state index < -0.39 is 0 Å². The molecule has 1 rings (SSSR count). The third kappa shape index (κ3) is 3.34. The van der Waals surface area contributed by atoms with Crippen LogP contribution in [0.5, 0.6) is 0 Å². The van der Waals surface area contributed by atoms with Gasteiger partial charge in [-0.25, -0.2) is 0 Å². The van der Waals surface area contributed by atoms with Crippen LogP contribution in [0.3, 0.4) is 0 Å². The van der Waals surface area contributed by atoms with E-state index in [-0.39, 0.29) is 0 Å². The third-order valence-electron chi connectivity index (χ3n) is 1.63. The molecule has 0 heteroatoms. The molecule has 0 nitrogen and oxygen atoms in total. The highest BCUT2D eigenvalue weighted by Crippen LogP contribution is 2.27. The van der Waals surface area contributed by atoms with E-state index >= 15 is 0 Å². The van der Waals surface area contributed by atoms with Crippen molar-refractivity contribution < 1.29 is 0 Å². The van der Waals surface area contributed by atoms with Crippen molar-refractivity contribution in [2.45, 2.75) is 40.0 Å². The SMILES string of the molecule is C=C1CCC(C)C1.CC. The molecule has 1 aliphatic rings. The summed E-state index contributed by atoms with van der Waals surface area (Å²) < 4.78 is 0. The van der Waals surface area contributed by atoms with Crippen LogP contribution in [0.1, 0.15) is 40.0 Å². The Hall–Kier alpha value is -0.260. The van der Waals surface area contributed by atoms with Crippen LogP contribution in [0.2, 0.25) is 0 Å². The molecule has 0 aromatic heterocycles. The zero-order valence-electron chi connectivity index (χ0n) is 6.91. The summed E-state index contributed by atoms with van der Waals surface area (Å²) in [7, 11) is 0. The summed E-state index contributed by atoms with van der Waals surface area (Å²) in [5.74, 6) is 0.924. The van der Waals surface area contributed by atoms with Gasteiger partial charge >= 0.3 is 0 Å². The summed E-state index contributed by atoms with van der Waals surface area (Å²) in [4.78, 5) is 0. The van der Waals surface area contributed by atoms with Gasteiger partial charge in [-0.05, 0) is 25.2 Å². The van der Waals surface area contributed by atoms with Crippen molar-refractivity contribution in [2.75, 3.05) is 0 Å². The molecule has 1 atom stereocenters. The van der Waals surface area contributed by atoms with Gasteiger partial charge in [0.15, 0.2) is 0 Å². The minimum absolute atomic E-state index is 0.924. The van der Waals surface area contributed by atoms with E-state index in [1.165, 1.54) is 24.8 Å². The summed E-state index contributed by atoms with van der Waals surface area (Å²) in [6.07, 6.45) is 3.93. The Kier molecular flexibility index (Phi) is 4.47. The van der Waals surface area contributed by atoms with Gasteiger partial charge in [0.25, 0.3) is 0 Å². The molecule has 0 saturated heterocycles. The van der Waals surface area contributed by atoms with Crippen molar-refractivity contribution in [1.29, 1.82) is 0 Å². The molecule has 0 N–H and O–H groups in total. The molecule has 0 aliphatic heterocycles. The number of allylic oxidation sites excluding steroid dienone is 1. The lowest BCUT2D eigenvalue weighted by Crippen LogP contribution is -1.79. The van der Waals surface area contributed by atoms with Crippen LogP contribution in [0.15, 0.2) is 12.2 Å². The van der Waals surface area contributed by atoms with Crippen molar-refractivity contribution in [3.05, 3.63) is 12.2 Å². The highest BCUT2D eigenvalue weighted by atomic mass is 14.2. The van der Waals surface area contributed by atoms with Crippen LogP contribution >= 0.6 is 0 Å². The minimum Gasteiger partial charge on any atom is -0.0999 e.